The van der Waals surface area contributed by atoms with E-state index in [4.69, 9.17) is 0 Å². The summed E-state index contributed by atoms with van der Waals surface area (Å²) in [5.41, 5.74) is 3.46. The molecule has 3 aromatic heterocycles. The second-order valence-corrected chi connectivity index (χ2v) is 7.77. The van der Waals surface area contributed by atoms with E-state index in [9.17, 15) is 9.59 Å². The molecule has 0 bridgehead atoms. The normalized spacial score (nSPS) is 15.3. The Morgan fingerprint density at radius 2 is 1.73 bits per heavy atom. The first-order valence-electron chi connectivity index (χ1n) is 10.2. The van der Waals surface area contributed by atoms with Crippen LogP contribution in [0.1, 0.15) is 5.69 Å². The molecular formula is C22H24N6O2. The Morgan fingerprint density at radius 3 is 2.50 bits per heavy atom. The standard InChI is InChI=1S/C22H24N6O2/c1-24-18-6-2-3-7-19(18)28(22(24)30)16-21(29)26-12-10-25(11-13-26)14-17-15-27-9-5-4-8-20(27)23-17/h2-9,15H,10-14,16H2,1H3. The van der Waals surface area contributed by atoms with E-state index in [1.165, 1.54) is 0 Å². The zero-order chi connectivity index (χ0) is 20.7. The number of amides is 1. The van der Waals surface area contributed by atoms with Gasteiger partial charge < -0.3 is 9.30 Å². The maximum atomic E-state index is 12.9. The van der Waals surface area contributed by atoms with E-state index in [2.05, 4.69) is 16.1 Å². The molecule has 1 amide bonds. The zero-order valence-electron chi connectivity index (χ0n) is 16.9. The van der Waals surface area contributed by atoms with Gasteiger partial charge in [0.15, 0.2) is 0 Å². The van der Waals surface area contributed by atoms with Gasteiger partial charge in [-0.25, -0.2) is 9.78 Å². The van der Waals surface area contributed by atoms with Gasteiger partial charge in [-0.1, -0.05) is 18.2 Å². The van der Waals surface area contributed by atoms with Crippen LogP contribution in [0.5, 0.6) is 0 Å². The minimum atomic E-state index is -0.157. The lowest BCUT2D eigenvalue weighted by Crippen LogP contribution is -2.49. The molecule has 4 heterocycles. The van der Waals surface area contributed by atoms with Crippen LogP contribution in [0.15, 0.2) is 59.7 Å². The molecule has 8 nitrogen and oxygen atoms in total. The monoisotopic (exact) mass is 404 g/mol. The lowest BCUT2D eigenvalue weighted by molar-refractivity contribution is -0.133. The number of piperazine rings is 1. The molecule has 1 aliphatic heterocycles. The van der Waals surface area contributed by atoms with Gasteiger partial charge in [0.25, 0.3) is 0 Å². The molecule has 0 saturated carbocycles. The molecule has 0 atom stereocenters. The molecule has 0 unspecified atom stereocenters. The summed E-state index contributed by atoms with van der Waals surface area (Å²) >= 11 is 0. The van der Waals surface area contributed by atoms with Gasteiger partial charge in [0.1, 0.15) is 12.2 Å². The van der Waals surface area contributed by atoms with E-state index in [0.717, 1.165) is 42.0 Å². The maximum Gasteiger partial charge on any atom is 0.329 e. The van der Waals surface area contributed by atoms with E-state index in [0.29, 0.717) is 13.1 Å². The van der Waals surface area contributed by atoms with Crippen molar-refractivity contribution in [3.63, 3.8) is 0 Å². The summed E-state index contributed by atoms with van der Waals surface area (Å²) in [4.78, 5) is 34.3. The molecule has 0 aliphatic carbocycles. The van der Waals surface area contributed by atoms with Crippen molar-refractivity contribution in [2.75, 3.05) is 26.2 Å². The highest BCUT2D eigenvalue weighted by Gasteiger charge is 2.23. The summed E-state index contributed by atoms with van der Waals surface area (Å²) < 4.78 is 5.19. The summed E-state index contributed by atoms with van der Waals surface area (Å²) in [7, 11) is 1.74. The third-order valence-corrected chi connectivity index (χ3v) is 5.87. The van der Waals surface area contributed by atoms with Crippen LogP contribution in [0.2, 0.25) is 0 Å². The fourth-order valence-corrected chi connectivity index (χ4v) is 4.20. The van der Waals surface area contributed by atoms with Crippen LogP contribution >= 0.6 is 0 Å². The van der Waals surface area contributed by atoms with Crippen molar-refractivity contribution in [2.24, 2.45) is 7.05 Å². The predicted molar refractivity (Wildman–Crippen MR) is 114 cm³/mol. The van der Waals surface area contributed by atoms with Crippen LogP contribution in [0, 0.1) is 0 Å². The Kier molecular flexibility index (Phi) is 4.63. The lowest BCUT2D eigenvalue weighted by Gasteiger charge is -2.34. The highest BCUT2D eigenvalue weighted by Crippen LogP contribution is 2.13. The third-order valence-electron chi connectivity index (χ3n) is 5.87. The van der Waals surface area contributed by atoms with Gasteiger partial charge in [-0.15, -0.1) is 0 Å². The molecule has 0 N–H and O–H groups in total. The number of carbonyl (C=O) groups excluding carboxylic acids is 1. The summed E-state index contributed by atoms with van der Waals surface area (Å²) in [6, 6.07) is 13.5. The number of aryl methyl sites for hydroxylation is 1. The molecule has 0 radical (unpaired) electrons. The van der Waals surface area contributed by atoms with Crippen molar-refractivity contribution in [3.05, 3.63) is 71.0 Å². The Hall–Kier alpha value is -3.39. The van der Waals surface area contributed by atoms with Gasteiger partial charge in [0.05, 0.1) is 16.7 Å². The lowest BCUT2D eigenvalue weighted by atomic mass is 10.3. The van der Waals surface area contributed by atoms with Crippen LogP contribution in [-0.4, -0.2) is 60.4 Å². The quantitative estimate of drug-likeness (QED) is 0.515. The molecule has 1 aliphatic rings. The summed E-state index contributed by atoms with van der Waals surface area (Å²) in [6.07, 6.45) is 4.05. The summed E-state index contributed by atoms with van der Waals surface area (Å²) in [5.74, 6) is -0.0131. The Bertz CT molecular complexity index is 1240. The molecule has 4 aromatic rings. The van der Waals surface area contributed by atoms with Crippen LogP contribution in [0.4, 0.5) is 0 Å². The predicted octanol–water partition coefficient (Wildman–Crippen LogP) is 1.33. The van der Waals surface area contributed by atoms with Crippen molar-refractivity contribution >= 4 is 22.6 Å². The topological polar surface area (TPSA) is 67.8 Å². The molecule has 1 fully saturated rings. The van der Waals surface area contributed by atoms with Crippen LogP contribution < -0.4 is 5.69 Å². The number of benzene rings is 1. The number of aromatic nitrogens is 4. The van der Waals surface area contributed by atoms with Gasteiger partial charge >= 0.3 is 5.69 Å². The van der Waals surface area contributed by atoms with Crippen molar-refractivity contribution < 1.29 is 4.79 Å². The third kappa shape index (κ3) is 3.29. The first-order valence-corrected chi connectivity index (χ1v) is 10.2. The minimum Gasteiger partial charge on any atom is -0.339 e. The summed E-state index contributed by atoms with van der Waals surface area (Å²) in [6.45, 7) is 3.75. The van der Waals surface area contributed by atoms with Gasteiger partial charge in [-0.3, -0.25) is 18.8 Å². The number of rotatable bonds is 4. The zero-order valence-corrected chi connectivity index (χ0v) is 16.9. The Labute approximate surface area is 173 Å². The largest absolute Gasteiger partial charge is 0.339 e. The van der Waals surface area contributed by atoms with E-state index in [-0.39, 0.29) is 18.1 Å². The Morgan fingerprint density at radius 1 is 1.00 bits per heavy atom. The Balaban J connectivity index is 1.23. The number of hydrogen-bond acceptors (Lipinski definition) is 4. The number of imidazole rings is 2. The number of carbonyl (C=O) groups is 1. The van der Waals surface area contributed by atoms with Crippen LogP contribution in [0.3, 0.4) is 0 Å². The molecule has 154 valence electrons. The molecule has 8 heteroatoms. The number of pyridine rings is 1. The van der Waals surface area contributed by atoms with Gasteiger partial charge in [0, 0.05) is 52.2 Å². The SMILES string of the molecule is Cn1c(=O)n(CC(=O)N2CCN(Cc3cn4ccccc4n3)CC2)c2ccccc21. The number of hydrogen-bond donors (Lipinski definition) is 0. The maximum absolute atomic E-state index is 12.9. The van der Waals surface area contributed by atoms with Gasteiger partial charge in [-0.05, 0) is 24.3 Å². The fourth-order valence-electron chi connectivity index (χ4n) is 4.20. The highest BCUT2D eigenvalue weighted by molar-refractivity contribution is 5.81. The second-order valence-electron chi connectivity index (χ2n) is 7.77. The van der Waals surface area contributed by atoms with E-state index in [1.54, 1.807) is 16.2 Å². The van der Waals surface area contributed by atoms with E-state index >= 15 is 0 Å². The minimum absolute atomic E-state index is 0.0131. The van der Waals surface area contributed by atoms with E-state index in [1.807, 2.05) is 58.0 Å². The first-order chi connectivity index (χ1) is 14.6. The number of nitrogens with zero attached hydrogens (tertiary/aromatic N) is 6. The fraction of sp³-hybridized carbons (Fsp3) is 0.318. The van der Waals surface area contributed by atoms with Crippen LogP contribution in [-0.2, 0) is 24.9 Å². The second kappa shape index (κ2) is 7.46. The molecule has 1 saturated heterocycles. The van der Waals surface area contributed by atoms with Crippen molar-refractivity contribution in [1.29, 1.82) is 0 Å². The molecule has 30 heavy (non-hydrogen) atoms. The van der Waals surface area contributed by atoms with Crippen molar-refractivity contribution in [2.45, 2.75) is 13.1 Å². The van der Waals surface area contributed by atoms with Gasteiger partial charge in [0.2, 0.25) is 5.91 Å². The van der Waals surface area contributed by atoms with Crippen molar-refractivity contribution in [3.8, 4) is 0 Å². The average molecular weight is 404 g/mol. The molecular weight excluding hydrogens is 380 g/mol. The number of fused-ring (bicyclic) bond motifs is 2. The molecule has 5 rings (SSSR count). The summed E-state index contributed by atoms with van der Waals surface area (Å²) in [5, 5.41) is 0. The highest BCUT2D eigenvalue weighted by atomic mass is 16.2. The number of para-hydroxylation sites is 2. The van der Waals surface area contributed by atoms with Crippen LogP contribution in [0.25, 0.3) is 16.7 Å². The van der Waals surface area contributed by atoms with Gasteiger partial charge in [-0.2, -0.15) is 0 Å². The molecule has 1 aromatic carbocycles. The van der Waals surface area contributed by atoms with E-state index < -0.39 is 0 Å². The van der Waals surface area contributed by atoms with Crippen molar-refractivity contribution in [1.82, 2.24) is 28.3 Å². The average Bonchev–Trinajstić information content (AvgIpc) is 3.28. The smallest absolute Gasteiger partial charge is 0.329 e. The first kappa shape index (κ1) is 18.6. The molecule has 0 spiro atoms.